The number of aliphatic hydroxyl groups is 1. The summed E-state index contributed by atoms with van der Waals surface area (Å²) in [5.74, 6) is 5.74. The van der Waals surface area contributed by atoms with Crippen molar-refractivity contribution in [3.63, 3.8) is 0 Å². The van der Waals surface area contributed by atoms with Gasteiger partial charge < -0.3 is 10.1 Å². The van der Waals surface area contributed by atoms with Crippen LogP contribution in [-0.4, -0.2) is 30.1 Å². The van der Waals surface area contributed by atoms with Gasteiger partial charge in [-0.15, -0.1) is 0 Å². The van der Waals surface area contributed by atoms with Gasteiger partial charge in [-0.2, -0.15) is 0 Å². The second-order valence-electron chi connectivity index (χ2n) is 4.30. The molecule has 2 rings (SSSR count). The van der Waals surface area contributed by atoms with Gasteiger partial charge in [-0.25, -0.2) is 18.1 Å². The first-order valence-electron chi connectivity index (χ1n) is 6.25. The molecule has 2 aromatic rings. The standard InChI is InChI=1S/C14H15N3O3S/c1-11-5-6-12(4-2-3-9-18)10-13(11)21(19,20)17-14-15-7-8-16-14/h5-8,10,18H,3,9H2,1H3,(H2,15,16,17). The molecule has 0 fully saturated rings. The molecule has 110 valence electrons. The summed E-state index contributed by atoms with van der Waals surface area (Å²) in [6.45, 7) is 1.69. The van der Waals surface area contributed by atoms with Crippen LogP contribution in [0.1, 0.15) is 17.5 Å². The topological polar surface area (TPSA) is 95.1 Å². The first-order chi connectivity index (χ1) is 10.0. The Kier molecular flexibility index (Phi) is 4.62. The maximum atomic E-state index is 12.3. The third kappa shape index (κ3) is 3.84. The van der Waals surface area contributed by atoms with E-state index in [1.54, 1.807) is 19.1 Å². The third-order valence-corrected chi connectivity index (χ3v) is 4.16. The third-order valence-electron chi connectivity index (χ3n) is 2.68. The SMILES string of the molecule is Cc1ccc(C#CCCO)cc1S(=O)(=O)Nc1ncc[nH]1. The molecule has 0 aliphatic heterocycles. The molecule has 0 spiro atoms. The number of aromatic amines is 1. The van der Waals surface area contributed by atoms with Crippen molar-refractivity contribution in [2.75, 3.05) is 11.3 Å². The van der Waals surface area contributed by atoms with Crippen LogP contribution >= 0.6 is 0 Å². The Bertz CT molecular complexity index is 772. The lowest BCUT2D eigenvalue weighted by molar-refractivity contribution is 0.305. The lowest BCUT2D eigenvalue weighted by Crippen LogP contribution is -2.15. The number of aryl methyl sites for hydroxylation is 1. The van der Waals surface area contributed by atoms with Gasteiger partial charge in [0.05, 0.1) is 11.5 Å². The Morgan fingerprint density at radius 1 is 1.43 bits per heavy atom. The number of benzene rings is 1. The Hall–Kier alpha value is -2.30. The summed E-state index contributed by atoms with van der Waals surface area (Å²) in [6, 6.07) is 4.94. The van der Waals surface area contributed by atoms with E-state index in [4.69, 9.17) is 5.11 Å². The lowest BCUT2D eigenvalue weighted by atomic mass is 10.1. The summed E-state index contributed by atoms with van der Waals surface area (Å²) in [5.41, 5.74) is 1.19. The molecule has 7 heteroatoms. The van der Waals surface area contributed by atoms with Crippen molar-refractivity contribution in [1.29, 1.82) is 0 Å². The first-order valence-corrected chi connectivity index (χ1v) is 7.74. The van der Waals surface area contributed by atoms with Crippen molar-refractivity contribution in [1.82, 2.24) is 9.97 Å². The van der Waals surface area contributed by atoms with Crippen molar-refractivity contribution >= 4 is 16.0 Å². The largest absolute Gasteiger partial charge is 0.395 e. The number of anilines is 1. The predicted molar refractivity (Wildman–Crippen MR) is 79.2 cm³/mol. The summed E-state index contributed by atoms with van der Waals surface area (Å²) in [5, 5.41) is 8.70. The zero-order valence-corrected chi connectivity index (χ0v) is 12.2. The summed E-state index contributed by atoms with van der Waals surface area (Å²) in [7, 11) is -3.73. The van der Waals surface area contributed by atoms with Crippen LogP contribution in [0.5, 0.6) is 0 Å². The fraction of sp³-hybridized carbons (Fsp3) is 0.214. The van der Waals surface area contributed by atoms with Crippen LogP contribution in [0.3, 0.4) is 0 Å². The number of nitrogens with zero attached hydrogens (tertiary/aromatic N) is 1. The van der Waals surface area contributed by atoms with E-state index in [0.29, 0.717) is 17.5 Å². The predicted octanol–water partition coefficient (Wildman–Crippen LogP) is 1.25. The Labute approximate surface area is 123 Å². The van der Waals surface area contributed by atoms with E-state index in [1.807, 2.05) is 0 Å². The van der Waals surface area contributed by atoms with E-state index in [2.05, 4.69) is 26.5 Å². The van der Waals surface area contributed by atoms with Crippen LogP contribution in [0, 0.1) is 18.8 Å². The van der Waals surface area contributed by atoms with E-state index in [9.17, 15) is 8.42 Å². The molecule has 0 amide bonds. The molecular formula is C14H15N3O3S. The van der Waals surface area contributed by atoms with E-state index >= 15 is 0 Å². The van der Waals surface area contributed by atoms with Gasteiger partial charge in [0.1, 0.15) is 0 Å². The molecule has 21 heavy (non-hydrogen) atoms. The highest BCUT2D eigenvalue weighted by molar-refractivity contribution is 7.92. The minimum atomic E-state index is -3.73. The molecule has 0 atom stereocenters. The zero-order chi connectivity index (χ0) is 15.3. The highest BCUT2D eigenvalue weighted by atomic mass is 32.2. The number of hydrogen-bond acceptors (Lipinski definition) is 4. The van der Waals surface area contributed by atoms with Gasteiger partial charge in [0.2, 0.25) is 5.95 Å². The van der Waals surface area contributed by atoms with Gasteiger partial charge in [0.25, 0.3) is 10.0 Å². The quantitative estimate of drug-likeness (QED) is 0.741. The highest BCUT2D eigenvalue weighted by Crippen LogP contribution is 2.19. The molecule has 1 aromatic heterocycles. The summed E-state index contributed by atoms with van der Waals surface area (Å²) in [4.78, 5) is 6.67. The van der Waals surface area contributed by atoms with Crippen LogP contribution in [0.4, 0.5) is 5.95 Å². The fourth-order valence-electron chi connectivity index (χ4n) is 1.69. The number of H-pyrrole nitrogens is 1. The molecule has 0 unspecified atom stereocenters. The molecule has 6 nitrogen and oxygen atoms in total. The monoisotopic (exact) mass is 305 g/mol. The van der Waals surface area contributed by atoms with E-state index < -0.39 is 10.0 Å². The second kappa shape index (κ2) is 6.43. The van der Waals surface area contributed by atoms with Gasteiger partial charge in [-0.1, -0.05) is 17.9 Å². The minimum absolute atomic E-state index is 0.0237. The fourth-order valence-corrected chi connectivity index (χ4v) is 2.94. The summed E-state index contributed by atoms with van der Waals surface area (Å²) >= 11 is 0. The summed E-state index contributed by atoms with van der Waals surface area (Å²) < 4.78 is 27.1. The Morgan fingerprint density at radius 3 is 2.90 bits per heavy atom. The van der Waals surface area contributed by atoms with E-state index in [-0.39, 0.29) is 17.5 Å². The molecule has 0 bridgehead atoms. The Morgan fingerprint density at radius 2 is 2.24 bits per heavy atom. The lowest BCUT2D eigenvalue weighted by Gasteiger charge is -2.08. The van der Waals surface area contributed by atoms with Crippen molar-refractivity contribution < 1.29 is 13.5 Å². The maximum Gasteiger partial charge on any atom is 0.264 e. The van der Waals surface area contributed by atoms with Crippen molar-refractivity contribution in [3.8, 4) is 11.8 Å². The number of aromatic nitrogens is 2. The van der Waals surface area contributed by atoms with Crippen molar-refractivity contribution in [3.05, 3.63) is 41.7 Å². The molecule has 0 radical (unpaired) electrons. The average molecular weight is 305 g/mol. The molecule has 3 N–H and O–H groups in total. The van der Waals surface area contributed by atoms with Gasteiger partial charge >= 0.3 is 0 Å². The molecular weight excluding hydrogens is 290 g/mol. The number of nitrogens with one attached hydrogen (secondary N) is 2. The molecule has 0 saturated carbocycles. The zero-order valence-electron chi connectivity index (χ0n) is 11.4. The molecule has 0 aliphatic rings. The molecule has 0 aliphatic carbocycles. The highest BCUT2D eigenvalue weighted by Gasteiger charge is 2.18. The molecule has 1 heterocycles. The molecule has 1 aromatic carbocycles. The number of sulfonamides is 1. The van der Waals surface area contributed by atoms with Crippen LogP contribution < -0.4 is 4.72 Å². The van der Waals surface area contributed by atoms with Crippen LogP contribution in [-0.2, 0) is 10.0 Å². The van der Waals surface area contributed by atoms with Crippen LogP contribution in [0.15, 0.2) is 35.5 Å². The van der Waals surface area contributed by atoms with Crippen molar-refractivity contribution in [2.24, 2.45) is 0 Å². The second-order valence-corrected chi connectivity index (χ2v) is 5.95. The van der Waals surface area contributed by atoms with Gasteiger partial charge in [-0.05, 0) is 24.6 Å². The minimum Gasteiger partial charge on any atom is -0.395 e. The maximum absolute atomic E-state index is 12.3. The van der Waals surface area contributed by atoms with Gasteiger partial charge in [0.15, 0.2) is 0 Å². The first kappa shape index (κ1) is 15.1. The number of aliphatic hydroxyl groups excluding tert-OH is 1. The number of rotatable bonds is 4. The number of imidazole rings is 1. The smallest absolute Gasteiger partial charge is 0.264 e. The van der Waals surface area contributed by atoms with E-state index in [1.165, 1.54) is 18.5 Å². The normalized spacial score (nSPS) is 10.8. The molecule has 0 saturated heterocycles. The van der Waals surface area contributed by atoms with Gasteiger partial charge in [-0.3, -0.25) is 0 Å². The van der Waals surface area contributed by atoms with Crippen LogP contribution in [0.2, 0.25) is 0 Å². The van der Waals surface area contributed by atoms with Crippen molar-refractivity contribution in [2.45, 2.75) is 18.2 Å². The number of hydrogen-bond donors (Lipinski definition) is 3. The summed E-state index contributed by atoms with van der Waals surface area (Å²) in [6.07, 6.45) is 3.34. The van der Waals surface area contributed by atoms with Crippen LogP contribution in [0.25, 0.3) is 0 Å². The van der Waals surface area contributed by atoms with Gasteiger partial charge in [0, 0.05) is 24.4 Å². The average Bonchev–Trinajstić information content (AvgIpc) is 2.93. The van der Waals surface area contributed by atoms with E-state index in [0.717, 1.165) is 0 Å². The Balaban J connectivity index is 2.34.